The third kappa shape index (κ3) is 5.59. The summed E-state index contributed by atoms with van der Waals surface area (Å²) in [6, 6.07) is 1.87. The number of hydrogen-bond acceptors (Lipinski definition) is 10. The normalized spacial score (nSPS) is 21.7. The molecule has 0 aliphatic carbocycles. The predicted molar refractivity (Wildman–Crippen MR) is 143 cm³/mol. The number of anilines is 4. The first kappa shape index (κ1) is 26.0. The first-order valence-corrected chi connectivity index (χ1v) is 13.1. The number of carbonyl (C=O) groups excluding carboxylic acids is 2. The van der Waals surface area contributed by atoms with E-state index in [1.165, 1.54) is 0 Å². The number of nitrogen functional groups attached to an aromatic ring is 1. The van der Waals surface area contributed by atoms with Gasteiger partial charge in [-0.3, -0.25) is 9.78 Å². The van der Waals surface area contributed by atoms with Crippen LogP contribution < -0.4 is 20.9 Å². The van der Waals surface area contributed by atoms with Crippen molar-refractivity contribution in [2.45, 2.75) is 39.2 Å². The number of nitrogens with zero attached hydrogens (tertiary/aromatic N) is 6. The number of aromatic nitrogens is 3. The number of ether oxygens (including phenoxy) is 2. The Morgan fingerprint density at radius 2 is 1.84 bits per heavy atom. The molecule has 3 N–H and O–H groups in total. The van der Waals surface area contributed by atoms with E-state index in [-0.39, 0.29) is 23.0 Å². The lowest BCUT2D eigenvalue weighted by Gasteiger charge is -2.30. The molecule has 0 bridgehead atoms. The molecular weight excluding hydrogens is 488 g/mol. The second-order valence-electron chi connectivity index (χ2n) is 11.2. The molecule has 3 aliphatic heterocycles. The lowest BCUT2D eigenvalue weighted by Crippen LogP contribution is -2.37. The van der Waals surface area contributed by atoms with Gasteiger partial charge in [0.05, 0.1) is 37.0 Å². The maximum atomic E-state index is 13.3. The molecule has 0 aromatic carbocycles. The van der Waals surface area contributed by atoms with Gasteiger partial charge in [0.1, 0.15) is 11.4 Å². The Hall–Kier alpha value is -3.67. The number of amides is 2. The Balaban J connectivity index is 1.27. The Morgan fingerprint density at radius 3 is 2.61 bits per heavy atom. The van der Waals surface area contributed by atoms with Crippen molar-refractivity contribution in [1.29, 1.82) is 0 Å². The van der Waals surface area contributed by atoms with Crippen LogP contribution >= 0.6 is 0 Å². The first-order valence-electron chi connectivity index (χ1n) is 13.1. The van der Waals surface area contributed by atoms with Gasteiger partial charge in [-0.05, 0) is 39.7 Å². The van der Waals surface area contributed by atoms with Crippen molar-refractivity contribution in [2.75, 3.05) is 73.3 Å². The third-order valence-corrected chi connectivity index (χ3v) is 7.25. The molecule has 12 nitrogen and oxygen atoms in total. The molecule has 2 amide bonds. The molecule has 1 atom stereocenters. The average molecular weight is 525 g/mol. The van der Waals surface area contributed by atoms with Crippen molar-refractivity contribution in [3.63, 3.8) is 0 Å². The molecule has 12 heteroatoms. The second-order valence-corrected chi connectivity index (χ2v) is 11.2. The van der Waals surface area contributed by atoms with Gasteiger partial charge >= 0.3 is 6.09 Å². The summed E-state index contributed by atoms with van der Waals surface area (Å²) in [5.41, 5.74) is 7.05. The number of morpholine rings is 1. The minimum atomic E-state index is -0.524. The number of likely N-dealkylation sites (tertiary alicyclic amines) is 1. The van der Waals surface area contributed by atoms with E-state index in [2.05, 4.69) is 30.1 Å². The summed E-state index contributed by atoms with van der Waals surface area (Å²) < 4.78 is 11.0. The number of hydrogen-bond donors (Lipinski definition) is 2. The molecule has 5 heterocycles. The smallest absolute Gasteiger partial charge is 0.410 e. The van der Waals surface area contributed by atoms with Crippen molar-refractivity contribution in [2.24, 2.45) is 5.41 Å². The molecule has 204 valence electrons. The van der Waals surface area contributed by atoms with Crippen LogP contribution in [0.1, 0.15) is 44.1 Å². The SMILES string of the molecule is CC(C)(C)OC(=O)N1CCC2(CCN(c3cnc(N)c(C(=O)Nc4cnccc4N4CCOCC4)n3)C2)C1. The minimum absolute atomic E-state index is 0.0365. The molecule has 0 radical (unpaired) electrons. The minimum Gasteiger partial charge on any atom is -0.444 e. The second kappa shape index (κ2) is 10.2. The third-order valence-electron chi connectivity index (χ3n) is 7.25. The lowest BCUT2D eigenvalue weighted by atomic mass is 9.86. The van der Waals surface area contributed by atoms with Gasteiger partial charge in [0.2, 0.25) is 0 Å². The Labute approximate surface area is 222 Å². The zero-order valence-electron chi connectivity index (χ0n) is 22.3. The largest absolute Gasteiger partial charge is 0.444 e. The van der Waals surface area contributed by atoms with Gasteiger partial charge in [-0.1, -0.05) is 0 Å². The predicted octanol–water partition coefficient (Wildman–Crippen LogP) is 2.38. The van der Waals surface area contributed by atoms with Crippen LogP contribution in [0.2, 0.25) is 0 Å². The summed E-state index contributed by atoms with van der Waals surface area (Å²) in [7, 11) is 0. The molecule has 38 heavy (non-hydrogen) atoms. The number of carbonyl (C=O) groups is 2. The molecule has 1 spiro atoms. The fourth-order valence-corrected chi connectivity index (χ4v) is 5.33. The van der Waals surface area contributed by atoms with Gasteiger partial charge in [-0.15, -0.1) is 0 Å². The van der Waals surface area contributed by atoms with Crippen LogP contribution in [0.3, 0.4) is 0 Å². The summed E-state index contributed by atoms with van der Waals surface area (Å²) in [5.74, 6) is 0.218. The van der Waals surface area contributed by atoms with Crippen LogP contribution in [0.25, 0.3) is 0 Å². The molecule has 3 fully saturated rings. The fraction of sp³-hybridized carbons (Fsp3) is 0.577. The highest BCUT2D eigenvalue weighted by Gasteiger charge is 2.46. The topological polar surface area (TPSA) is 139 Å². The highest BCUT2D eigenvalue weighted by atomic mass is 16.6. The van der Waals surface area contributed by atoms with E-state index >= 15 is 0 Å². The molecule has 1 unspecified atom stereocenters. The van der Waals surface area contributed by atoms with Crippen LogP contribution in [-0.4, -0.2) is 89.9 Å². The van der Waals surface area contributed by atoms with Crippen molar-refractivity contribution >= 4 is 35.0 Å². The molecule has 5 rings (SSSR count). The molecular formula is C26H36N8O4. The number of nitrogens with two attached hydrogens (primary N) is 1. The number of rotatable bonds is 4. The number of pyridine rings is 1. The van der Waals surface area contributed by atoms with Gasteiger partial charge in [0.15, 0.2) is 11.5 Å². The van der Waals surface area contributed by atoms with E-state index in [1.807, 2.05) is 26.8 Å². The zero-order valence-corrected chi connectivity index (χ0v) is 22.3. The Kier molecular flexibility index (Phi) is 6.99. The Morgan fingerprint density at radius 1 is 1.08 bits per heavy atom. The quantitative estimate of drug-likeness (QED) is 0.613. The summed E-state index contributed by atoms with van der Waals surface area (Å²) in [6.07, 6.45) is 6.46. The average Bonchev–Trinajstić information content (AvgIpc) is 3.51. The highest BCUT2D eigenvalue weighted by molar-refractivity contribution is 6.07. The molecule has 2 aromatic rings. The highest BCUT2D eigenvalue weighted by Crippen LogP contribution is 2.41. The molecule has 3 aliphatic rings. The maximum absolute atomic E-state index is 13.3. The van der Waals surface area contributed by atoms with E-state index in [4.69, 9.17) is 15.2 Å². The van der Waals surface area contributed by atoms with Crippen LogP contribution in [0.5, 0.6) is 0 Å². The number of nitrogens with one attached hydrogen (secondary N) is 1. The van der Waals surface area contributed by atoms with Crippen molar-refractivity contribution in [1.82, 2.24) is 19.9 Å². The van der Waals surface area contributed by atoms with Crippen molar-refractivity contribution in [3.8, 4) is 0 Å². The van der Waals surface area contributed by atoms with Crippen molar-refractivity contribution in [3.05, 3.63) is 30.4 Å². The van der Waals surface area contributed by atoms with E-state index in [1.54, 1.807) is 23.5 Å². The molecule has 0 saturated carbocycles. The van der Waals surface area contributed by atoms with Gasteiger partial charge in [-0.2, -0.15) is 0 Å². The standard InChI is InChI=1S/C26H36N8O4/c1-25(2,3)38-24(36)34-9-6-26(17-34)5-8-33(16-26)20-15-29-22(27)21(31-20)23(35)30-18-14-28-7-4-19(18)32-10-12-37-13-11-32/h4,7,14-15H,5-6,8-13,16-17H2,1-3H3,(H2,27,29)(H,30,35). The van der Waals surface area contributed by atoms with Crippen LogP contribution in [0.15, 0.2) is 24.7 Å². The first-order chi connectivity index (χ1) is 18.1. The Bertz CT molecular complexity index is 1200. The van der Waals surface area contributed by atoms with Gasteiger partial charge in [0, 0.05) is 50.9 Å². The maximum Gasteiger partial charge on any atom is 0.410 e. The summed E-state index contributed by atoms with van der Waals surface area (Å²) >= 11 is 0. The van der Waals surface area contributed by atoms with Crippen LogP contribution in [0, 0.1) is 5.41 Å². The fourth-order valence-electron chi connectivity index (χ4n) is 5.33. The van der Waals surface area contributed by atoms with Gasteiger partial charge < -0.3 is 35.2 Å². The summed E-state index contributed by atoms with van der Waals surface area (Å²) in [6.45, 7) is 11.1. The van der Waals surface area contributed by atoms with E-state index < -0.39 is 11.5 Å². The lowest BCUT2D eigenvalue weighted by molar-refractivity contribution is 0.0276. The summed E-state index contributed by atoms with van der Waals surface area (Å²) in [5, 5.41) is 2.93. The zero-order chi connectivity index (χ0) is 26.9. The molecule has 2 aromatic heterocycles. The van der Waals surface area contributed by atoms with Crippen molar-refractivity contribution < 1.29 is 19.1 Å². The van der Waals surface area contributed by atoms with E-state index in [0.717, 1.165) is 44.7 Å². The summed E-state index contributed by atoms with van der Waals surface area (Å²) in [4.78, 5) is 45.0. The molecule has 3 saturated heterocycles. The van der Waals surface area contributed by atoms with Gasteiger partial charge in [-0.25, -0.2) is 14.8 Å². The van der Waals surface area contributed by atoms with E-state index in [0.29, 0.717) is 37.8 Å². The monoisotopic (exact) mass is 524 g/mol. The van der Waals surface area contributed by atoms with Crippen LogP contribution in [0.4, 0.5) is 27.8 Å². The van der Waals surface area contributed by atoms with Crippen LogP contribution in [-0.2, 0) is 9.47 Å². The van der Waals surface area contributed by atoms with E-state index in [9.17, 15) is 9.59 Å². The van der Waals surface area contributed by atoms with Gasteiger partial charge in [0.25, 0.3) is 5.91 Å².